The molecule has 0 aromatic carbocycles. The number of thiazole rings is 1. The zero-order chi connectivity index (χ0) is 16.6. The third-order valence-corrected chi connectivity index (χ3v) is 3.69. The molecule has 3 heterocycles. The van der Waals surface area contributed by atoms with Gasteiger partial charge in [0.05, 0.1) is 12.1 Å². The number of imidazole rings is 1. The fourth-order valence-electron chi connectivity index (χ4n) is 1.88. The van der Waals surface area contributed by atoms with Gasteiger partial charge < -0.3 is 0 Å². The molecule has 0 saturated heterocycles. The lowest BCUT2D eigenvalue weighted by Crippen LogP contribution is -2.29. The summed E-state index contributed by atoms with van der Waals surface area (Å²) in [6.45, 7) is -0.0533. The van der Waals surface area contributed by atoms with Gasteiger partial charge in [-0.3, -0.25) is 0 Å². The van der Waals surface area contributed by atoms with Crippen molar-refractivity contribution in [2.75, 3.05) is 0 Å². The molecule has 0 saturated carbocycles. The van der Waals surface area contributed by atoms with Gasteiger partial charge in [-0.05, 0) is 0 Å². The van der Waals surface area contributed by atoms with Gasteiger partial charge in [0.2, 0.25) is 0 Å². The molecule has 3 aromatic heterocycles. The number of halogens is 3. The van der Waals surface area contributed by atoms with E-state index in [1.54, 1.807) is 0 Å². The van der Waals surface area contributed by atoms with Crippen LogP contribution in [-0.2, 0) is 13.0 Å². The van der Waals surface area contributed by atoms with Crippen molar-refractivity contribution in [3.63, 3.8) is 0 Å². The zero-order valence-corrected chi connectivity index (χ0v) is 12.1. The highest BCUT2D eigenvalue weighted by molar-refractivity contribution is 7.13. The van der Waals surface area contributed by atoms with Crippen LogP contribution in [0.4, 0.5) is 13.2 Å². The lowest BCUT2D eigenvalue weighted by atomic mass is 10.3. The highest BCUT2D eigenvalue weighted by Crippen LogP contribution is 2.28. The van der Waals surface area contributed by atoms with Crippen molar-refractivity contribution in [1.82, 2.24) is 29.4 Å². The Morgan fingerprint density at radius 3 is 2.87 bits per heavy atom. The first-order chi connectivity index (χ1) is 10.9. The largest absolute Gasteiger partial charge is 0.394 e. The van der Waals surface area contributed by atoms with E-state index < -0.39 is 18.3 Å². The molecule has 0 aliphatic carbocycles. The third-order valence-electron chi connectivity index (χ3n) is 2.79. The van der Waals surface area contributed by atoms with Crippen LogP contribution in [0.3, 0.4) is 0 Å². The third kappa shape index (κ3) is 2.93. The second kappa shape index (κ2) is 5.47. The summed E-state index contributed by atoms with van der Waals surface area (Å²) in [5.74, 6) is 2.26. The topological polar surface area (TPSA) is 78.0 Å². The zero-order valence-electron chi connectivity index (χ0n) is 11.3. The Balaban J connectivity index is 2.03. The maximum atomic E-state index is 12.4. The molecule has 3 aromatic rings. The van der Waals surface area contributed by atoms with Gasteiger partial charge in [-0.25, -0.2) is 19.2 Å². The van der Waals surface area contributed by atoms with E-state index in [0.717, 1.165) is 20.4 Å². The van der Waals surface area contributed by atoms with E-state index in [1.165, 1.54) is 11.7 Å². The first-order valence-corrected chi connectivity index (χ1v) is 7.03. The predicted octanol–water partition coefficient (Wildman–Crippen LogP) is 1.15. The van der Waals surface area contributed by atoms with Gasteiger partial charge in [0, 0.05) is 5.38 Å². The van der Waals surface area contributed by atoms with Crippen LogP contribution < -0.4 is 5.69 Å². The number of alkyl halides is 3. The molecule has 0 spiro atoms. The number of terminal acetylenes is 1. The number of fused-ring (bicyclic) bond motifs is 1. The number of aromatic nitrogens is 6. The van der Waals surface area contributed by atoms with Crippen LogP contribution in [0.1, 0.15) is 5.69 Å². The molecule has 0 fully saturated rings. The van der Waals surface area contributed by atoms with Crippen molar-refractivity contribution in [1.29, 1.82) is 0 Å². The Morgan fingerprint density at radius 2 is 2.17 bits per heavy atom. The number of nitrogens with zero attached hydrogens (tertiary/aromatic N) is 6. The Hall–Kier alpha value is -2.74. The van der Waals surface area contributed by atoms with Crippen LogP contribution >= 0.6 is 11.3 Å². The molecular weight excluding hydrogens is 333 g/mol. The van der Waals surface area contributed by atoms with Crippen molar-refractivity contribution in [2.24, 2.45) is 0 Å². The molecule has 0 aliphatic rings. The Labute approximate surface area is 130 Å². The second-order valence-corrected chi connectivity index (χ2v) is 5.31. The lowest BCUT2D eigenvalue weighted by Gasteiger charge is -2.01. The minimum atomic E-state index is -4.34. The van der Waals surface area contributed by atoms with E-state index >= 15 is 0 Å². The average Bonchev–Trinajstić information content (AvgIpc) is 3.07. The van der Waals surface area contributed by atoms with Crippen LogP contribution in [0.15, 0.2) is 16.5 Å². The van der Waals surface area contributed by atoms with E-state index in [9.17, 15) is 18.0 Å². The number of rotatable bonds is 3. The van der Waals surface area contributed by atoms with Gasteiger partial charge in [0.15, 0.2) is 5.65 Å². The van der Waals surface area contributed by atoms with Gasteiger partial charge in [-0.15, -0.1) is 22.9 Å². The van der Waals surface area contributed by atoms with Crippen molar-refractivity contribution in [3.8, 4) is 23.0 Å². The first kappa shape index (κ1) is 15.2. The van der Waals surface area contributed by atoms with Crippen LogP contribution in [0, 0.1) is 12.3 Å². The summed E-state index contributed by atoms with van der Waals surface area (Å²) in [5.41, 5.74) is -0.358. The second-order valence-electron chi connectivity index (χ2n) is 4.46. The maximum absolute atomic E-state index is 12.4. The molecule has 11 heteroatoms. The summed E-state index contributed by atoms with van der Waals surface area (Å²) in [6, 6.07) is 0. The minimum Gasteiger partial charge on any atom is -0.245 e. The normalized spacial score (nSPS) is 11.7. The summed E-state index contributed by atoms with van der Waals surface area (Å²) in [4.78, 5) is 20.0. The minimum absolute atomic E-state index is 0.0533. The molecule has 0 bridgehead atoms. The molecule has 0 N–H and O–H groups in total. The summed E-state index contributed by atoms with van der Waals surface area (Å²) in [6.07, 6.45) is 0.856. The van der Waals surface area contributed by atoms with E-state index in [0.29, 0.717) is 0 Å². The lowest BCUT2D eigenvalue weighted by molar-refractivity contribution is -0.127. The molecule has 23 heavy (non-hydrogen) atoms. The molecule has 7 nitrogen and oxygen atoms in total. The predicted molar refractivity (Wildman–Crippen MR) is 74.7 cm³/mol. The number of hydrogen-bond acceptors (Lipinski definition) is 6. The molecule has 0 unspecified atom stereocenters. The maximum Gasteiger partial charge on any atom is 0.394 e. The van der Waals surface area contributed by atoms with Crippen molar-refractivity contribution < 1.29 is 13.2 Å². The molecule has 0 atom stereocenters. The summed E-state index contributed by atoms with van der Waals surface area (Å²) in [5, 5.41) is 9.04. The van der Waals surface area contributed by atoms with E-state index in [1.807, 2.05) is 0 Å². The van der Waals surface area contributed by atoms with Gasteiger partial charge in [-0.2, -0.15) is 17.9 Å². The standard InChI is InChI=1S/C12H7F3N6OS/c1-2-3-21-11(22)20-6-16-8(9(20)18-19-21)10-17-7(5-23-10)4-12(13,14)15/h1,5-6H,3-4H2. The summed E-state index contributed by atoms with van der Waals surface area (Å²) < 4.78 is 39.2. The fourth-order valence-corrected chi connectivity index (χ4v) is 2.68. The smallest absolute Gasteiger partial charge is 0.245 e. The highest BCUT2D eigenvalue weighted by atomic mass is 32.1. The molecule has 0 amide bonds. The molecule has 118 valence electrons. The summed E-state index contributed by atoms with van der Waals surface area (Å²) >= 11 is 0.987. The Bertz CT molecular complexity index is 964. The summed E-state index contributed by atoms with van der Waals surface area (Å²) in [7, 11) is 0. The van der Waals surface area contributed by atoms with Crippen LogP contribution in [0.5, 0.6) is 0 Å². The van der Waals surface area contributed by atoms with Crippen LogP contribution in [-0.4, -0.2) is 35.5 Å². The van der Waals surface area contributed by atoms with Crippen LogP contribution in [0.25, 0.3) is 16.3 Å². The molecule has 0 aliphatic heterocycles. The van der Waals surface area contributed by atoms with Gasteiger partial charge in [0.1, 0.15) is 23.6 Å². The van der Waals surface area contributed by atoms with Crippen molar-refractivity contribution in [3.05, 3.63) is 27.9 Å². The Morgan fingerprint density at radius 1 is 1.39 bits per heavy atom. The quantitative estimate of drug-likeness (QED) is 0.669. The monoisotopic (exact) mass is 340 g/mol. The van der Waals surface area contributed by atoms with Gasteiger partial charge in [0.25, 0.3) is 0 Å². The molecular formula is C12H7F3N6OS. The average molecular weight is 340 g/mol. The Kier molecular flexibility index (Phi) is 3.61. The van der Waals surface area contributed by atoms with Crippen molar-refractivity contribution in [2.45, 2.75) is 19.1 Å². The fraction of sp³-hybridized carbons (Fsp3) is 0.250. The van der Waals surface area contributed by atoms with E-state index in [-0.39, 0.29) is 28.6 Å². The van der Waals surface area contributed by atoms with E-state index in [2.05, 4.69) is 26.2 Å². The molecule has 3 rings (SSSR count). The number of hydrogen-bond donors (Lipinski definition) is 0. The van der Waals surface area contributed by atoms with E-state index in [4.69, 9.17) is 6.42 Å². The first-order valence-electron chi connectivity index (χ1n) is 6.15. The highest BCUT2D eigenvalue weighted by Gasteiger charge is 2.29. The van der Waals surface area contributed by atoms with Crippen LogP contribution in [0.2, 0.25) is 0 Å². The van der Waals surface area contributed by atoms with Gasteiger partial charge in [-0.1, -0.05) is 11.1 Å². The van der Waals surface area contributed by atoms with Gasteiger partial charge >= 0.3 is 11.9 Å². The van der Waals surface area contributed by atoms with Crippen molar-refractivity contribution >= 4 is 17.0 Å². The molecule has 0 radical (unpaired) electrons. The SMILES string of the molecule is C#CCn1nnc2c(-c3nc(CC(F)(F)F)cs3)ncn2c1=O.